The van der Waals surface area contributed by atoms with Crippen LogP contribution in [0.1, 0.15) is 52.5 Å². The van der Waals surface area contributed by atoms with Gasteiger partial charge in [0.2, 0.25) is 0 Å². The van der Waals surface area contributed by atoms with Gasteiger partial charge in [0.05, 0.1) is 6.61 Å². The van der Waals surface area contributed by atoms with E-state index in [4.69, 9.17) is 4.74 Å². The molecule has 1 nitrogen and oxygen atoms in total. The molecule has 0 heterocycles. The number of ether oxygens (including phenoxy) is 1. The molecular weight excluding hydrogens is 196 g/mol. The summed E-state index contributed by atoms with van der Waals surface area (Å²) in [6, 6.07) is 8.60. The highest BCUT2D eigenvalue weighted by Gasteiger charge is 2.23. The number of hydrogen-bond donors (Lipinski definition) is 0. The molecule has 0 amide bonds. The van der Waals surface area contributed by atoms with Gasteiger partial charge in [-0.25, -0.2) is 0 Å². The topological polar surface area (TPSA) is 9.23 Å². The van der Waals surface area contributed by atoms with Gasteiger partial charge in [0.15, 0.2) is 0 Å². The van der Waals surface area contributed by atoms with Crippen LogP contribution < -0.4 is 4.74 Å². The molecule has 90 valence electrons. The van der Waals surface area contributed by atoms with Crippen LogP contribution in [0.2, 0.25) is 0 Å². The summed E-state index contributed by atoms with van der Waals surface area (Å²) >= 11 is 0. The third-order valence-corrected chi connectivity index (χ3v) is 3.44. The van der Waals surface area contributed by atoms with Gasteiger partial charge < -0.3 is 4.74 Å². The normalized spacial score (nSPS) is 14.5. The summed E-state index contributed by atoms with van der Waals surface area (Å²) in [7, 11) is 0. The Hall–Kier alpha value is -0.980. The van der Waals surface area contributed by atoms with Gasteiger partial charge in [-0.2, -0.15) is 0 Å². The van der Waals surface area contributed by atoms with Gasteiger partial charge in [-0.1, -0.05) is 39.3 Å². The first-order valence-electron chi connectivity index (χ1n) is 6.39. The minimum absolute atomic E-state index is 0.319. The number of hydrogen-bond acceptors (Lipinski definition) is 1. The van der Waals surface area contributed by atoms with Gasteiger partial charge in [-0.3, -0.25) is 0 Å². The van der Waals surface area contributed by atoms with Crippen LogP contribution in [0.15, 0.2) is 24.3 Å². The van der Waals surface area contributed by atoms with E-state index in [9.17, 15) is 0 Å². The van der Waals surface area contributed by atoms with Crippen LogP contribution in [0.3, 0.4) is 0 Å². The molecular formula is C15H24O. The molecule has 1 aromatic rings. The van der Waals surface area contributed by atoms with Crippen molar-refractivity contribution in [2.24, 2.45) is 0 Å². The van der Waals surface area contributed by atoms with Crippen molar-refractivity contribution in [3.8, 4) is 5.75 Å². The van der Waals surface area contributed by atoms with Crippen LogP contribution in [0.4, 0.5) is 0 Å². The second kappa shape index (κ2) is 5.93. The molecule has 1 rings (SSSR count). The molecule has 0 aromatic heterocycles. The second-order valence-electron chi connectivity index (χ2n) is 4.62. The third kappa shape index (κ3) is 3.01. The largest absolute Gasteiger partial charge is 0.494 e. The molecule has 16 heavy (non-hydrogen) atoms. The molecule has 1 atom stereocenters. The lowest BCUT2D eigenvalue weighted by Gasteiger charge is -2.28. The Labute approximate surface area is 99.8 Å². The van der Waals surface area contributed by atoms with Crippen molar-refractivity contribution < 1.29 is 4.74 Å². The highest BCUT2D eigenvalue weighted by Crippen LogP contribution is 2.33. The van der Waals surface area contributed by atoms with Crippen LogP contribution in [-0.2, 0) is 5.41 Å². The fraction of sp³-hybridized carbons (Fsp3) is 0.600. The quantitative estimate of drug-likeness (QED) is 0.683. The summed E-state index contributed by atoms with van der Waals surface area (Å²) in [6.45, 7) is 9.63. The zero-order valence-electron chi connectivity index (χ0n) is 11.0. The SMILES string of the molecule is CCCC(C)(CC)c1ccc(OCC)cc1. The van der Waals surface area contributed by atoms with E-state index in [2.05, 4.69) is 45.0 Å². The average molecular weight is 220 g/mol. The Morgan fingerprint density at radius 1 is 1.06 bits per heavy atom. The highest BCUT2D eigenvalue weighted by atomic mass is 16.5. The smallest absolute Gasteiger partial charge is 0.119 e. The lowest BCUT2D eigenvalue weighted by Crippen LogP contribution is -2.20. The first-order valence-corrected chi connectivity index (χ1v) is 6.39. The van der Waals surface area contributed by atoms with Gasteiger partial charge in [-0.05, 0) is 42.9 Å². The first kappa shape index (κ1) is 13.1. The van der Waals surface area contributed by atoms with E-state index in [0.717, 1.165) is 12.4 Å². The van der Waals surface area contributed by atoms with E-state index in [1.807, 2.05) is 6.92 Å². The molecule has 0 aliphatic carbocycles. The lowest BCUT2D eigenvalue weighted by molar-refractivity contribution is 0.339. The van der Waals surface area contributed by atoms with Gasteiger partial charge >= 0.3 is 0 Å². The molecule has 0 radical (unpaired) electrons. The van der Waals surface area contributed by atoms with Gasteiger partial charge in [-0.15, -0.1) is 0 Å². The lowest BCUT2D eigenvalue weighted by atomic mass is 9.76. The van der Waals surface area contributed by atoms with E-state index in [1.54, 1.807) is 0 Å². The monoisotopic (exact) mass is 220 g/mol. The van der Waals surface area contributed by atoms with Crippen LogP contribution >= 0.6 is 0 Å². The van der Waals surface area contributed by atoms with Crippen molar-refractivity contribution in [1.29, 1.82) is 0 Å². The Morgan fingerprint density at radius 2 is 1.69 bits per heavy atom. The number of rotatable bonds is 6. The molecule has 0 N–H and O–H groups in total. The van der Waals surface area contributed by atoms with Crippen molar-refractivity contribution in [3.05, 3.63) is 29.8 Å². The summed E-state index contributed by atoms with van der Waals surface area (Å²) < 4.78 is 5.47. The zero-order valence-corrected chi connectivity index (χ0v) is 11.0. The summed E-state index contributed by atoms with van der Waals surface area (Å²) in [5.74, 6) is 0.973. The van der Waals surface area contributed by atoms with Gasteiger partial charge in [0.25, 0.3) is 0 Å². The Balaban J connectivity index is 2.85. The van der Waals surface area contributed by atoms with Crippen LogP contribution in [0, 0.1) is 0 Å². The molecule has 0 saturated carbocycles. The molecule has 0 aliphatic rings. The molecule has 0 spiro atoms. The average Bonchev–Trinajstić information content (AvgIpc) is 2.30. The van der Waals surface area contributed by atoms with E-state index < -0.39 is 0 Å². The fourth-order valence-electron chi connectivity index (χ4n) is 2.20. The molecule has 1 unspecified atom stereocenters. The summed E-state index contributed by atoms with van der Waals surface area (Å²) in [6.07, 6.45) is 3.67. The molecule has 0 fully saturated rings. The van der Waals surface area contributed by atoms with E-state index in [0.29, 0.717) is 5.41 Å². The van der Waals surface area contributed by atoms with Gasteiger partial charge in [0, 0.05) is 0 Å². The highest BCUT2D eigenvalue weighted by molar-refractivity contribution is 5.31. The maximum absolute atomic E-state index is 5.47. The maximum atomic E-state index is 5.47. The van der Waals surface area contributed by atoms with E-state index in [1.165, 1.54) is 24.8 Å². The third-order valence-electron chi connectivity index (χ3n) is 3.44. The van der Waals surface area contributed by atoms with Crippen molar-refractivity contribution in [3.63, 3.8) is 0 Å². The summed E-state index contributed by atoms with van der Waals surface area (Å²) in [4.78, 5) is 0. The Kier molecular flexibility index (Phi) is 4.85. The molecule has 0 saturated heterocycles. The maximum Gasteiger partial charge on any atom is 0.119 e. The molecule has 0 aliphatic heterocycles. The zero-order chi connectivity index (χ0) is 12.0. The van der Waals surface area contributed by atoms with Crippen molar-refractivity contribution >= 4 is 0 Å². The van der Waals surface area contributed by atoms with Crippen molar-refractivity contribution in [1.82, 2.24) is 0 Å². The predicted octanol–water partition coefficient (Wildman–Crippen LogP) is 4.55. The van der Waals surface area contributed by atoms with Gasteiger partial charge in [0.1, 0.15) is 5.75 Å². The standard InChI is InChI=1S/C15H24O/c1-5-12-15(4,6-2)13-8-10-14(11-9-13)16-7-3/h8-11H,5-7,12H2,1-4H3. The minimum atomic E-state index is 0.319. The number of benzene rings is 1. The van der Waals surface area contributed by atoms with Crippen LogP contribution in [0.5, 0.6) is 5.75 Å². The molecule has 0 bridgehead atoms. The van der Waals surface area contributed by atoms with Crippen molar-refractivity contribution in [2.45, 2.75) is 52.4 Å². The minimum Gasteiger partial charge on any atom is -0.494 e. The summed E-state index contributed by atoms with van der Waals surface area (Å²) in [5, 5.41) is 0. The van der Waals surface area contributed by atoms with E-state index >= 15 is 0 Å². The molecule has 1 aromatic carbocycles. The Bertz CT molecular complexity index is 302. The van der Waals surface area contributed by atoms with E-state index in [-0.39, 0.29) is 0 Å². The van der Waals surface area contributed by atoms with Crippen molar-refractivity contribution in [2.75, 3.05) is 6.61 Å². The second-order valence-corrected chi connectivity index (χ2v) is 4.62. The predicted molar refractivity (Wildman–Crippen MR) is 70.2 cm³/mol. The summed E-state index contributed by atoms with van der Waals surface area (Å²) in [5.41, 5.74) is 1.75. The Morgan fingerprint density at radius 3 is 2.12 bits per heavy atom. The van der Waals surface area contributed by atoms with Crippen LogP contribution in [-0.4, -0.2) is 6.61 Å². The molecule has 1 heteroatoms. The first-order chi connectivity index (χ1) is 7.66. The van der Waals surface area contributed by atoms with Crippen LogP contribution in [0.25, 0.3) is 0 Å². The fourth-order valence-corrected chi connectivity index (χ4v) is 2.20.